The maximum atomic E-state index is 13.2. The molecule has 0 bridgehead atoms. The summed E-state index contributed by atoms with van der Waals surface area (Å²) in [5.74, 6) is 0.680. The minimum Gasteiger partial charge on any atom is -0.485 e. The summed E-state index contributed by atoms with van der Waals surface area (Å²) in [7, 11) is 1.66. The molecule has 5 nitrogen and oxygen atoms in total. The molecule has 1 aromatic heterocycles. The Balaban J connectivity index is 2.05. The van der Waals surface area contributed by atoms with E-state index in [0.29, 0.717) is 17.1 Å². The molecule has 0 unspecified atom stereocenters. The average molecular weight is 257 g/mol. The lowest BCUT2D eigenvalue weighted by molar-refractivity contribution is 0.293. The maximum Gasteiger partial charge on any atom is 0.212 e. The molecule has 0 saturated heterocycles. The monoisotopic (exact) mass is 256 g/mol. The van der Waals surface area contributed by atoms with Crippen molar-refractivity contribution < 1.29 is 9.13 Å². The fraction of sp³-hybridized carbons (Fsp3) is 0.300. The normalized spacial score (nSPS) is 10.5. The SMILES string of the molecule is Cn1nnc(COc2cc(F)cc(CCl)c2)n1. The van der Waals surface area contributed by atoms with Gasteiger partial charge in [0.1, 0.15) is 11.6 Å². The van der Waals surface area contributed by atoms with Gasteiger partial charge in [-0.05, 0) is 22.9 Å². The Kier molecular flexibility index (Phi) is 3.53. The van der Waals surface area contributed by atoms with E-state index in [1.54, 1.807) is 13.1 Å². The highest BCUT2D eigenvalue weighted by Crippen LogP contribution is 2.18. The third kappa shape index (κ3) is 3.13. The highest BCUT2D eigenvalue weighted by Gasteiger charge is 2.04. The van der Waals surface area contributed by atoms with Crippen molar-refractivity contribution in [3.8, 4) is 5.75 Å². The van der Waals surface area contributed by atoms with Crippen molar-refractivity contribution in [3.63, 3.8) is 0 Å². The first-order chi connectivity index (χ1) is 8.17. The number of rotatable bonds is 4. The molecule has 17 heavy (non-hydrogen) atoms. The van der Waals surface area contributed by atoms with Gasteiger partial charge in [-0.2, -0.15) is 4.80 Å². The number of aryl methyl sites for hydroxylation is 1. The molecular weight excluding hydrogens is 247 g/mol. The van der Waals surface area contributed by atoms with Crippen LogP contribution in [0.2, 0.25) is 0 Å². The molecule has 0 spiro atoms. The van der Waals surface area contributed by atoms with Crippen molar-refractivity contribution in [2.75, 3.05) is 0 Å². The van der Waals surface area contributed by atoms with Crippen LogP contribution in [-0.4, -0.2) is 20.2 Å². The third-order valence-electron chi connectivity index (χ3n) is 2.00. The molecule has 7 heteroatoms. The standard InChI is InChI=1S/C10H10ClFN4O/c1-16-14-10(13-15-16)6-17-9-3-7(5-11)2-8(12)4-9/h2-4H,5-6H2,1H3. The molecule has 0 aliphatic rings. The van der Waals surface area contributed by atoms with Gasteiger partial charge in [-0.15, -0.1) is 21.8 Å². The summed E-state index contributed by atoms with van der Waals surface area (Å²) in [6, 6.07) is 4.32. The molecule has 0 atom stereocenters. The summed E-state index contributed by atoms with van der Waals surface area (Å²) >= 11 is 5.63. The Labute approximate surface area is 102 Å². The van der Waals surface area contributed by atoms with Crippen LogP contribution in [0, 0.1) is 5.82 Å². The molecule has 1 heterocycles. The van der Waals surface area contributed by atoms with Gasteiger partial charge in [-0.25, -0.2) is 4.39 Å². The Bertz CT molecular complexity index is 517. The van der Waals surface area contributed by atoms with Crippen LogP contribution >= 0.6 is 11.6 Å². The number of hydrogen-bond acceptors (Lipinski definition) is 4. The Hall–Kier alpha value is -1.69. The Morgan fingerprint density at radius 1 is 1.41 bits per heavy atom. The topological polar surface area (TPSA) is 52.8 Å². The third-order valence-corrected chi connectivity index (χ3v) is 2.31. The highest BCUT2D eigenvalue weighted by atomic mass is 35.5. The lowest BCUT2D eigenvalue weighted by atomic mass is 10.2. The molecule has 0 aliphatic heterocycles. The van der Waals surface area contributed by atoms with Gasteiger partial charge in [0.05, 0.1) is 7.05 Å². The first-order valence-electron chi connectivity index (χ1n) is 4.88. The van der Waals surface area contributed by atoms with Gasteiger partial charge in [0.2, 0.25) is 5.82 Å². The number of ether oxygens (including phenoxy) is 1. The van der Waals surface area contributed by atoms with Crippen molar-refractivity contribution in [3.05, 3.63) is 35.4 Å². The Morgan fingerprint density at radius 3 is 2.88 bits per heavy atom. The van der Waals surface area contributed by atoms with Crippen molar-refractivity contribution in [1.29, 1.82) is 0 Å². The van der Waals surface area contributed by atoms with E-state index < -0.39 is 0 Å². The number of alkyl halides is 1. The molecule has 0 amide bonds. The summed E-state index contributed by atoms with van der Waals surface area (Å²) in [5, 5.41) is 11.4. The number of hydrogen-bond donors (Lipinski definition) is 0. The van der Waals surface area contributed by atoms with Gasteiger partial charge in [0, 0.05) is 11.9 Å². The molecule has 1 aromatic carbocycles. The van der Waals surface area contributed by atoms with Gasteiger partial charge in [0.15, 0.2) is 6.61 Å². The zero-order valence-electron chi connectivity index (χ0n) is 9.10. The van der Waals surface area contributed by atoms with Crippen LogP contribution in [0.5, 0.6) is 5.75 Å². The number of nitrogens with zero attached hydrogens (tertiary/aromatic N) is 4. The average Bonchev–Trinajstić information content (AvgIpc) is 2.72. The predicted molar refractivity (Wildman–Crippen MR) is 59.1 cm³/mol. The van der Waals surface area contributed by atoms with Crippen molar-refractivity contribution in [1.82, 2.24) is 20.2 Å². The van der Waals surface area contributed by atoms with E-state index in [2.05, 4.69) is 15.4 Å². The molecule has 90 valence electrons. The van der Waals surface area contributed by atoms with Crippen molar-refractivity contribution >= 4 is 11.6 Å². The molecule has 2 rings (SSSR count). The van der Waals surface area contributed by atoms with Crippen molar-refractivity contribution in [2.45, 2.75) is 12.5 Å². The first kappa shape index (κ1) is 11.8. The quantitative estimate of drug-likeness (QED) is 0.781. The molecule has 0 aliphatic carbocycles. The van der Waals surface area contributed by atoms with E-state index in [0.717, 1.165) is 0 Å². The summed E-state index contributed by atoms with van der Waals surface area (Å²) < 4.78 is 18.5. The molecule has 0 radical (unpaired) electrons. The minimum absolute atomic E-state index is 0.138. The van der Waals surface area contributed by atoms with E-state index in [1.165, 1.54) is 16.9 Å². The minimum atomic E-state index is -0.384. The van der Waals surface area contributed by atoms with E-state index in [4.69, 9.17) is 16.3 Å². The lowest BCUT2D eigenvalue weighted by Crippen LogP contribution is -2.00. The molecule has 0 saturated carbocycles. The van der Waals surface area contributed by atoms with Crippen LogP contribution in [-0.2, 0) is 19.5 Å². The van der Waals surface area contributed by atoms with Crippen LogP contribution < -0.4 is 4.74 Å². The summed E-state index contributed by atoms with van der Waals surface area (Å²) in [6.45, 7) is 0.138. The number of halogens is 2. The van der Waals surface area contributed by atoms with E-state index >= 15 is 0 Å². The smallest absolute Gasteiger partial charge is 0.212 e. The number of tetrazole rings is 1. The molecule has 2 aromatic rings. The second-order valence-electron chi connectivity index (χ2n) is 3.41. The first-order valence-corrected chi connectivity index (χ1v) is 5.42. The molecule has 0 fully saturated rings. The van der Waals surface area contributed by atoms with Gasteiger partial charge in [0.25, 0.3) is 0 Å². The number of benzene rings is 1. The second kappa shape index (κ2) is 5.09. The fourth-order valence-electron chi connectivity index (χ4n) is 1.31. The van der Waals surface area contributed by atoms with Crippen LogP contribution in [0.25, 0.3) is 0 Å². The van der Waals surface area contributed by atoms with Gasteiger partial charge >= 0.3 is 0 Å². The second-order valence-corrected chi connectivity index (χ2v) is 3.68. The largest absolute Gasteiger partial charge is 0.485 e. The summed E-state index contributed by atoms with van der Waals surface area (Å²) in [4.78, 5) is 1.33. The molecule has 0 N–H and O–H groups in total. The van der Waals surface area contributed by atoms with Gasteiger partial charge in [-0.1, -0.05) is 0 Å². The molecular formula is C10H10ClFN4O. The van der Waals surface area contributed by atoms with E-state index in [-0.39, 0.29) is 18.3 Å². The zero-order chi connectivity index (χ0) is 12.3. The van der Waals surface area contributed by atoms with E-state index in [9.17, 15) is 4.39 Å². The lowest BCUT2D eigenvalue weighted by Gasteiger charge is -2.05. The van der Waals surface area contributed by atoms with Gasteiger partial charge in [-0.3, -0.25) is 0 Å². The summed E-state index contributed by atoms with van der Waals surface area (Å²) in [5.41, 5.74) is 0.661. The zero-order valence-corrected chi connectivity index (χ0v) is 9.86. The fourth-order valence-corrected chi connectivity index (χ4v) is 1.46. The van der Waals surface area contributed by atoms with Crippen molar-refractivity contribution in [2.24, 2.45) is 7.05 Å². The summed E-state index contributed by atoms with van der Waals surface area (Å²) in [6.07, 6.45) is 0. The number of aromatic nitrogens is 4. The van der Waals surface area contributed by atoms with Gasteiger partial charge < -0.3 is 4.74 Å². The van der Waals surface area contributed by atoms with Crippen LogP contribution in [0.3, 0.4) is 0 Å². The van der Waals surface area contributed by atoms with E-state index in [1.807, 2.05) is 0 Å². The van der Waals surface area contributed by atoms with Crippen LogP contribution in [0.1, 0.15) is 11.4 Å². The van der Waals surface area contributed by atoms with Crippen LogP contribution in [0.4, 0.5) is 4.39 Å². The Morgan fingerprint density at radius 2 is 2.24 bits per heavy atom. The van der Waals surface area contributed by atoms with Crippen LogP contribution in [0.15, 0.2) is 18.2 Å². The maximum absolute atomic E-state index is 13.2. The highest BCUT2D eigenvalue weighted by molar-refractivity contribution is 6.17. The predicted octanol–water partition coefficient (Wildman–Crippen LogP) is 1.67.